The number of hydrogen-bond donors (Lipinski definition) is 2. The fourth-order valence-corrected chi connectivity index (χ4v) is 2.40. The van der Waals surface area contributed by atoms with E-state index in [1.54, 1.807) is 25.3 Å². The molecular weight excluding hydrogens is 290 g/mol. The van der Waals surface area contributed by atoms with Crippen molar-refractivity contribution in [2.45, 2.75) is 25.5 Å². The van der Waals surface area contributed by atoms with E-state index in [-0.39, 0.29) is 11.8 Å². The molecule has 4 heteroatoms. The Balaban J connectivity index is 1.83. The van der Waals surface area contributed by atoms with Gasteiger partial charge in [0.15, 0.2) is 5.78 Å². The second-order valence-corrected chi connectivity index (χ2v) is 5.50. The van der Waals surface area contributed by atoms with Crippen LogP contribution in [0.4, 0.5) is 0 Å². The Morgan fingerprint density at radius 2 is 1.91 bits per heavy atom. The Morgan fingerprint density at radius 1 is 1.17 bits per heavy atom. The summed E-state index contributed by atoms with van der Waals surface area (Å²) in [4.78, 5) is 12.2. The average molecular weight is 313 g/mol. The second kappa shape index (κ2) is 8.46. The van der Waals surface area contributed by atoms with Crippen molar-refractivity contribution < 1.29 is 14.6 Å². The molecule has 2 aromatic carbocycles. The Hall–Kier alpha value is -2.17. The molecule has 0 spiro atoms. The standard InChI is InChI=1S/C19H23NO3/c1-14(19(22)15-7-4-3-5-8-15)20-12-11-18(21)16-9-6-10-17(13-16)23-2/h3-10,13-14,19-20,22H,11-12H2,1-2H3/t14?,19-/m1/s1. The van der Waals surface area contributed by atoms with Crippen LogP contribution >= 0.6 is 0 Å². The van der Waals surface area contributed by atoms with E-state index >= 15 is 0 Å². The summed E-state index contributed by atoms with van der Waals surface area (Å²) in [6, 6.07) is 16.5. The van der Waals surface area contributed by atoms with Gasteiger partial charge in [-0.25, -0.2) is 0 Å². The Bertz CT molecular complexity index is 628. The summed E-state index contributed by atoms with van der Waals surface area (Å²) >= 11 is 0. The molecule has 2 rings (SSSR count). The zero-order valence-electron chi connectivity index (χ0n) is 13.5. The molecule has 0 heterocycles. The number of ketones is 1. The van der Waals surface area contributed by atoms with Gasteiger partial charge in [-0.2, -0.15) is 0 Å². The Morgan fingerprint density at radius 3 is 2.61 bits per heavy atom. The minimum absolute atomic E-state index is 0.0535. The molecule has 0 fully saturated rings. The first kappa shape index (κ1) is 17.2. The number of aliphatic hydroxyl groups is 1. The first-order chi connectivity index (χ1) is 11.1. The number of methoxy groups -OCH3 is 1. The lowest BCUT2D eigenvalue weighted by Crippen LogP contribution is -2.33. The summed E-state index contributed by atoms with van der Waals surface area (Å²) in [5.41, 5.74) is 1.51. The normalized spacial score (nSPS) is 13.3. The number of hydrogen-bond acceptors (Lipinski definition) is 4. The van der Waals surface area contributed by atoms with Gasteiger partial charge >= 0.3 is 0 Å². The molecule has 4 nitrogen and oxygen atoms in total. The van der Waals surface area contributed by atoms with Crippen LogP contribution in [0.1, 0.15) is 35.4 Å². The lowest BCUT2D eigenvalue weighted by Gasteiger charge is -2.20. The third-order valence-electron chi connectivity index (χ3n) is 3.82. The highest BCUT2D eigenvalue weighted by atomic mass is 16.5. The van der Waals surface area contributed by atoms with Gasteiger partial charge < -0.3 is 15.2 Å². The third kappa shape index (κ3) is 4.91. The molecule has 2 N–H and O–H groups in total. The molecule has 1 unspecified atom stereocenters. The van der Waals surface area contributed by atoms with E-state index < -0.39 is 6.10 Å². The van der Waals surface area contributed by atoms with Crippen LogP contribution in [0.5, 0.6) is 5.75 Å². The zero-order chi connectivity index (χ0) is 16.7. The van der Waals surface area contributed by atoms with Gasteiger partial charge in [0, 0.05) is 24.6 Å². The van der Waals surface area contributed by atoms with E-state index in [1.165, 1.54) is 0 Å². The minimum Gasteiger partial charge on any atom is -0.497 e. The van der Waals surface area contributed by atoms with Crippen molar-refractivity contribution in [1.29, 1.82) is 0 Å². The van der Waals surface area contributed by atoms with E-state index in [4.69, 9.17) is 4.74 Å². The van der Waals surface area contributed by atoms with Crippen molar-refractivity contribution >= 4 is 5.78 Å². The predicted octanol–water partition coefficient (Wildman–Crippen LogP) is 2.98. The van der Waals surface area contributed by atoms with Crippen LogP contribution in [0.2, 0.25) is 0 Å². The largest absolute Gasteiger partial charge is 0.497 e. The van der Waals surface area contributed by atoms with E-state index in [2.05, 4.69) is 5.32 Å². The quantitative estimate of drug-likeness (QED) is 0.736. The smallest absolute Gasteiger partial charge is 0.164 e. The molecule has 0 aromatic heterocycles. The highest BCUT2D eigenvalue weighted by Gasteiger charge is 2.16. The number of aliphatic hydroxyl groups excluding tert-OH is 1. The molecule has 0 bridgehead atoms. The summed E-state index contributed by atoms with van der Waals surface area (Å²) in [5.74, 6) is 0.731. The maximum Gasteiger partial charge on any atom is 0.164 e. The van der Waals surface area contributed by atoms with Gasteiger partial charge in [0.25, 0.3) is 0 Å². The van der Waals surface area contributed by atoms with E-state index in [9.17, 15) is 9.90 Å². The lowest BCUT2D eigenvalue weighted by atomic mass is 10.0. The molecule has 2 aromatic rings. The number of nitrogens with one attached hydrogen (secondary N) is 1. The van der Waals surface area contributed by atoms with Crippen LogP contribution in [-0.4, -0.2) is 30.6 Å². The topological polar surface area (TPSA) is 58.6 Å². The fourth-order valence-electron chi connectivity index (χ4n) is 2.40. The molecule has 23 heavy (non-hydrogen) atoms. The maximum atomic E-state index is 12.2. The zero-order valence-corrected chi connectivity index (χ0v) is 13.5. The van der Waals surface area contributed by atoms with Crippen LogP contribution in [0.15, 0.2) is 54.6 Å². The molecule has 0 radical (unpaired) electrons. The molecule has 0 aliphatic carbocycles. The third-order valence-corrected chi connectivity index (χ3v) is 3.82. The average Bonchev–Trinajstić information content (AvgIpc) is 2.61. The van der Waals surface area contributed by atoms with E-state index in [1.807, 2.05) is 43.3 Å². The van der Waals surface area contributed by atoms with Gasteiger partial charge in [-0.3, -0.25) is 4.79 Å². The van der Waals surface area contributed by atoms with Crippen LogP contribution in [0, 0.1) is 0 Å². The number of carbonyl (C=O) groups is 1. The highest BCUT2D eigenvalue weighted by molar-refractivity contribution is 5.96. The second-order valence-electron chi connectivity index (χ2n) is 5.50. The molecule has 0 amide bonds. The van der Waals surface area contributed by atoms with Crippen molar-refractivity contribution in [2.24, 2.45) is 0 Å². The number of ether oxygens (including phenoxy) is 1. The Labute approximate surface area is 137 Å². The maximum absolute atomic E-state index is 12.2. The molecule has 0 saturated heterocycles. The molecule has 0 saturated carbocycles. The fraction of sp³-hybridized carbons (Fsp3) is 0.316. The Kier molecular flexibility index (Phi) is 6.32. The number of rotatable bonds is 8. The van der Waals surface area contributed by atoms with Crippen molar-refractivity contribution in [3.05, 3.63) is 65.7 Å². The van der Waals surface area contributed by atoms with Crippen molar-refractivity contribution in [3.8, 4) is 5.75 Å². The van der Waals surface area contributed by atoms with Gasteiger partial charge in [0.2, 0.25) is 0 Å². The molecule has 0 aliphatic rings. The van der Waals surface area contributed by atoms with Crippen LogP contribution in [-0.2, 0) is 0 Å². The monoisotopic (exact) mass is 313 g/mol. The van der Waals surface area contributed by atoms with E-state index in [0.29, 0.717) is 24.3 Å². The van der Waals surface area contributed by atoms with Crippen molar-refractivity contribution in [2.75, 3.05) is 13.7 Å². The van der Waals surface area contributed by atoms with Crippen LogP contribution < -0.4 is 10.1 Å². The summed E-state index contributed by atoms with van der Waals surface area (Å²) in [5, 5.41) is 13.5. The van der Waals surface area contributed by atoms with Gasteiger partial charge in [0.05, 0.1) is 13.2 Å². The minimum atomic E-state index is -0.594. The molecule has 0 aliphatic heterocycles. The van der Waals surface area contributed by atoms with Gasteiger partial charge in [-0.15, -0.1) is 0 Å². The SMILES string of the molecule is COc1cccc(C(=O)CCNC(C)[C@@H](O)c2ccccc2)c1. The summed E-state index contributed by atoms with van der Waals surface area (Å²) in [7, 11) is 1.58. The van der Waals surface area contributed by atoms with Gasteiger partial charge in [-0.1, -0.05) is 42.5 Å². The summed E-state index contributed by atoms with van der Waals surface area (Å²) < 4.78 is 5.13. The van der Waals surface area contributed by atoms with Crippen LogP contribution in [0.3, 0.4) is 0 Å². The predicted molar refractivity (Wildman–Crippen MR) is 90.8 cm³/mol. The first-order valence-corrected chi connectivity index (χ1v) is 7.75. The molecular formula is C19H23NO3. The van der Waals surface area contributed by atoms with Crippen molar-refractivity contribution in [3.63, 3.8) is 0 Å². The number of Topliss-reactive ketones (excluding diaryl/α,β-unsaturated/α-hetero) is 1. The van der Waals surface area contributed by atoms with Gasteiger partial charge in [-0.05, 0) is 24.6 Å². The summed E-state index contributed by atoms with van der Waals surface area (Å²) in [6.45, 7) is 2.43. The molecule has 2 atom stereocenters. The first-order valence-electron chi connectivity index (χ1n) is 7.75. The highest BCUT2D eigenvalue weighted by Crippen LogP contribution is 2.16. The lowest BCUT2D eigenvalue weighted by molar-refractivity contribution is 0.0972. The molecule has 122 valence electrons. The van der Waals surface area contributed by atoms with Crippen molar-refractivity contribution in [1.82, 2.24) is 5.32 Å². The van der Waals surface area contributed by atoms with Crippen LogP contribution in [0.25, 0.3) is 0 Å². The van der Waals surface area contributed by atoms with Gasteiger partial charge in [0.1, 0.15) is 5.75 Å². The van der Waals surface area contributed by atoms with E-state index in [0.717, 1.165) is 5.56 Å². The number of carbonyl (C=O) groups excluding carboxylic acids is 1. The number of benzene rings is 2. The summed E-state index contributed by atoms with van der Waals surface area (Å²) in [6.07, 6.45) is -0.220.